The Morgan fingerprint density at radius 1 is 0.955 bits per heavy atom. The Hall–Kier alpha value is -2.14. The standard InChI is InChI=1S/C17H20O5/c1-12(18)21-16-8-9-17(22-13(2)19)15(16)11-20-10-14-6-4-3-5-7-14/h3-9,15-17H,10-11H2,1-2H3. The molecule has 2 rings (SSSR count). The molecule has 0 aliphatic heterocycles. The number of benzene rings is 1. The fourth-order valence-electron chi connectivity index (χ4n) is 2.40. The van der Waals surface area contributed by atoms with Crippen LogP contribution in [0.15, 0.2) is 42.5 Å². The van der Waals surface area contributed by atoms with E-state index in [1.807, 2.05) is 30.3 Å². The van der Waals surface area contributed by atoms with Gasteiger partial charge in [0.1, 0.15) is 12.2 Å². The van der Waals surface area contributed by atoms with Crippen LogP contribution in [0, 0.1) is 5.92 Å². The topological polar surface area (TPSA) is 61.8 Å². The third kappa shape index (κ3) is 4.70. The van der Waals surface area contributed by atoms with Crippen LogP contribution in [0.3, 0.4) is 0 Å². The zero-order chi connectivity index (χ0) is 15.9. The molecule has 0 N–H and O–H groups in total. The van der Waals surface area contributed by atoms with Crippen LogP contribution in [0.25, 0.3) is 0 Å². The first kappa shape index (κ1) is 16.2. The SMILES string of the molecule is CC(=O)OC1C=CC(OC(C)=O)C1COCc1ccccc1. The summed E-state index contributed by atoms with van der Waals surface area (Å²) < 4.78 is 16.2. The Morgan fingerprint density at radius 2 is 1.50 bits per heavy atom. The largest absolute Gasteiger partial charge is 0.458 e. The summed E-state index contributed by atoms with van der Waals surface area (Å²) in [5.74, 6) is -0.964. The molecule has 1 aromatic rings. The molecule has 0 heterocycles. The van der Waals surface area contributed by atoms with Gasteiger partial charge in [0.15, 0.2) is 0 Å². The Labute approximate surface area is 129 Å². The van der Waals surface area contributed by atoms with Crippen molar-refractivity contribution in [2.45, 2.75) is 32.7 Å². The van der Waals surface area contributed by atoms with E-state index < -0.39 is 12.2 Å². The molecular weight excluding hydrogens is 284 g/mol. The lowest BCUT2D eigenvalue weighted by molar-refractivity contribution is -0.154. The number of carbonyl (C=O) groups excluding carboxylic acids is 2. The van der Waals surface area contributed by atoms with Crippen molar-refractivity contribution in [3.63, 3.8) is 0 Å². The van der Waals surface area contributed by atoms with E-state index in [0.717, 1.165) is 5.56 Å². The summed E-state index contributed by atoms with van der Waals surface area (Å²) in [6.45, 7) is 3.50. The lowest BCUT2D eigenvalue weighted by Crippen LogP contribution is -2.34. The van der Waals surface area contributed by atoms with E-state index >= 15 is 0 Å². The number of ether oxygens (including phenoxy) is 3. The van der Waals surface area contributed by atoms with E-state index in [2.05, 4.69) is 0 Å². The first-order valence-corrected chi connectivity index (χ1v) is 7.20. The Balaban J connectivity index is 1.92. The maximum Gasteiger partial charge on any atom is 0.303 e. The Morgan fingerprint density at radius 3 is 2.00 bits per heavy atom. The maximum atomic E-state index is 11.2. The molecule has 0 spiro atoms. The van der Waals surface area contributed by atoms with E-state index in [-0.39, 0.29) is 17.9 Å². The number of esters is 2. The summed E-state index contributed by atoms with van der Waals surface area (Å²) >= 11 is 0. The van der Waals surface area contributed by atoms with Crippen molar-refractivity contribution in [2.75, 3.05) is 6.61 Å². The van der Waals surface area contributed by atoms with Gasteiger partial charge in [-0.05, 0) is 17.7 Å². The van der Waals surface area contributed by atoms with Crippen LogP contribution in [0.4, 0.5) is 0 Å². The van der Waals surface area contributed by atoms with Crippen molar-refractivity contribution < 1.29 is 23.8 Å². The van der Waals surface area contributed by atoms with E-state index in [9.17, 15) is 9.59 Å². The lowest BCUT2D eigenvalue weighted by Gasteiger charge is -2.24. The molecular formula is C17H20O5. The van der Waals surface area contributed by atoms with Crippen molar-refractivity contribution in [1.29, 1.82) is 0 Å². The highest BCUT2D eigenvalue weighted by atomic mass is 16.6. The highest BCUT2D eigenvalue weighted by Crippen LogP contribution is 2.26. The van der Waals surface area contributed by atoms with Crippen molar-refractivity contribution >= 4 is 11.9 Å². The van der Waals surface area contributed by atoms with E-state index in [0.29, 0.717) is 13.2 Å². The molecule has 1 aliphatic carbocycles. The Bertz CT molecular complexity index is 511. The van der Waals surface area contributed by atoms with Crippen molar-refractivity contribution in [3.8, 4) is 0 Å². The molecule has 0 radical (unpaired) electrons. The minimum Gasteiger partial charge on any atom is -0.458 e. The molecule has 1 aromatic carbocycles. The highest BCUT2D eigenvalue weighted by Gasteiger charge is 2.36. The van der Waals surface area contributed by atoms with E-state index in [1.54, 1.807) is 12.2 Å². The van der Waals surface area contributed by atoms with Gasteiger partial charge in [-0.15, -0.1) is 0 Å². The van der Waals surface area contributed by atoms with Gasteiger partial charge in [0.25, 0.3) is 0 Å². The van der Waals surface area contributed by atoms with Gasteiger partial charge in [0.2, 0.25) is 0 Å². The molecule has 0 saturated carbocycles. The summed E-state index contributed by atoms with van der Waals surface area (Å²) in [6, 6.07) is 9.77. The van der Waals surface area contributed by atoms with Crippen molar-refractivity contribution in [1.82, 2.24) is 0 Å². The maximum absolute atomic E-state index is 11.2. The van der Waals surface area contributed by atoms with Gasteiger partial charge in [-0.1, -0.05) is 30.3 Å². The van der Waals surface area contributed by atoms with Gasteiger partial charge in [-0.3, -0.25) is 9.59 Å². The monoisotopic (exact) mass is 304 g/mol. The highest BCUT2D eigenvalue weighted by molar-refractivity contribution is 5.67. The van der Waals surface area contributed by atoms with Crippen molar-refractivity contribution in [2.24, 2.45) is 5.92 Å². The quantitative estimate of drug-likeness (QED) is 0.596. The zero-order valence-electron chi connectivity index (χ0n) is 12.7. The normalized spacial score (nSPS) is 23.3. The molecule has 0 amide bonds. The van der Waals surface area contributed by atoms with Gasteiger partial charge in [0.05, 0.1) is 19.1 Å². The molecule has 1 aliphatic rings. The van der Waals surface area contributed by atoms with Crippen LogP contribution >= 0.6 is 0 Å². The lowest BCUT2D eigenvalue weighted by atomic mass is 10.0. The molecule has 5 heteroatoms. The number of hydrogen-bond acceptors (Lipinski definition) is 5. The first-order valence-electron chi connectivity index (χ1n) is 7.20. The molecule has 22 heavy (non-hydrogen) atoms. The van der Waals surface area contributed by atoms with Gasteiger partial charge < -0.3 is 14.2 Å². The van der Waals surface area contributed by atoms with Crippen LogP contribution < -0.4 is 0 Å². The van der Waals surface area contributed by atoms with Gasteiger partial charge in [-0.2, -0.15) is 0 Å². The van der Waals surface area contributed by atoms with Gasteiger partial charge >= 0.3 is 11.9 Å². The van der Waals surface area contributed by atoms with Crippen LogP contribution in [-0.2, 0) is 30.4 Å². The molecule has 0 fully saturated rings. The fraction of sp³-hybridized carbons (Fsp3) is 0.412. The second kappa shape index (κ2) is 7.75. The van der Waals surface area contributed by atoms with Crippen LogP contribution in [-0.4, -0.2) is 30.8 Å². The third-order valence-electron chi connectivity index (χ3n) is 3.36. The summed E-state index contributed by atoms with van der Waals surface area (Å²) in [7, 11) is 0. The van der Waals surface area contributed by atoms with Crippen LogP contribution in [0.5, 0.6) is 0 Å². The smallest absolute Gasteiger partial charge is 0.303 e. The molecule has 0 saturated heterocycles. The summed E-state index contributed by atoms with van der Waals surface area (Å²) in [5.41, 5.74) is 1.06. The summed E-state index contributed by atoms with van der Waals surface area (Å²) in [6.07, 6.45) is 2.62. The molecule has 5 nitrogen and oxygen atoms in total. The minimum absolute atomic E-state index is 0.225. The van der Waals surface area contributed by atoms with Gasteiger partial charge in [0, 0.05) is 13.8 Å². The second-order valence-electron chi connectivity index (χ2n) is 5.20. The van der Waals surface area contributed by atoms with E-state index in [1.165, 1.54) is 13.8 Å². The number of rotatable bonds is 6. The second-order valence-corrected chi connectivity index (χ2v) is 5.20. The van der Waals surface area contributed by atoms with Gasteiger partial charge in [-0.25, -0.2) is 0 Å². The molecule has 118 valence electrons. The van der Waals surface area contributed by atoms with Crippen molar-refractivity contribution in [3.05, 3.63) is 48.0 Å². The Kier molecular flexibility index (Phi) is 5.72. The minimum atomic E-state index is -0.433. The van der Waals surface area contributed by atoms with E-state index in [4.69, 9.17) is 14.2 Å². The molecule has 2 unspecified atom stereocenters. The molecule has 0 bridgehead atoms. The average Bonchev–Trinajstić information content (AvgIpc) is 2.81. The predicted octanol–water partition coefficient (Wildman–Crippen LogP) is 2.25. The van der Waals surface area contributed by atoms with Crippen LogP contribution in [0.1, 0.15) is 19.4 Å². The first-order chi connectivity index (χ1) is 10.6. The predicted molar refractivity (Wildman–Crippen MR) is 79.8 cm³/mol. The molecule has 0 aromatic heterocycles. The summed E-state index contributed by atoms with van der Waals surface area (Å²) in [5, 5.41) is 0. The third-order valence-corrected chi connectivity index (χ3v) is 3.36. The molecule has 2 atom stereocenters. The van der Waals surface area contributed by atoms with Crippen LogP contribution in [0.2, 0.25) is 0 Å². The average molecular weight is 304 g/mol. The number of carbonyl (C=O) groups is 2. The summed E-state index contributed by atoms with van der Waals surface area (Å²) in [4.78, 5) is 22.3. The number of hydrogen-bond donors (Lipinski definition) is 0. The fourth-order valence-corrected chi connectivity index (χ4v) is 2.40. The zero-order valence-corrected chi connectivity index (χ0v) is 12.7.